The molecule has 1 aliphatic carbocycles. The smallest absolute Gasteiger partial charge is 0.169 e. The minimum absolute atomic E-state index is 0.00241. The van der Waals surface area contributed by atoms with Crippen molar-refractivity contribution in [3.63, 3.8) is 0 Å². The average Bonchev–Trinajstić information content (AvgIpc) is 2.66. The molecule has 2 aromatic carbocycles. The van der Waals surface area contributed by atoms with Crippen molar-refractivity contribution >= 4 is 10.8 Å². The van der Waals surface area contributed by atoms with E-state index in [1.54, 1.807) is 18.2 Å². The van der Waals surface area contributed by atoms with Crippen LogP contribution in [0.15, 0.2) is 30.9 Å². The van der Waals surface area contributed by atoms with Gasteiger partial charge in [-0.25, -0.2) is 13.2 Å². The predicted octanol–water partition coefficient (Wildman–Crippen LogP) is 7.45. The van der Waals surface area contributed by atoms with Crippen molar-refractivity contribution in [3.05, 3.63) is 59.4 Å². The van der Waals surface area contributed by atoms with Crippen LogP contribution >= 0.6 is 0 Å². The summed E-state index contributed by atoms with van der Waals surface area (Å²) < 4.78 is 44.3. The highest BCUT2D eigenvalue weighted by Crippen LogP contribution is 2.40. The molecule has 0 aliphatic heterocycles. The normalized spacial score (nSPS) is 20.5. The van der Waals surface area contributed by atoms with E-state index < -0.39 is 17.5 Å². The minimum Gasteiger partial charge on any atom is -0.206 e. The van der Waals surface area contributed by atoms with Crippen molar-refractivity contribution in [2.24, 2.45) is 5.92 Å². The van der Waals surface area contributed by atoms with Crippen molar-refractivity contribution in [2.75, 3.05) is 0 Å². The summed E-state index contributed by atoms with van der Waals surface area (Å²) in [6.07, 6.45) is 8.92. The second-order valence-electron chi connectivity index (χ2n) is 7.54. The molecule has 2 aromatic rings. The van der Waals surface area contributed by atoms with Gasteiger partial charge in [-0.05, 0) is 72.9 Å². The Hall–Kier alpha value is -1.77. The predicted molar refractivity (Wildman–Crippen MR) is 102 cm³/mol. The molecule has 0 amide bonds. The highest BCUT2D eigenvalue weighted by molar-refractivity contribution is 5.85. The van der Waals surface area contributed by atoms with Crippen LogP contribution in [0, 0.1) is 23.4 Å². The molecule has 3 heteroatoms. The molecule has 0 nitrogen and oxygen atoms in total. The Kier molecular flexibility index (Phi) is 6.05. The molecule has 0 heterocycles. The van der Waals surface area contributed by atoms with E-state index >= 15 is 0 Å². The second-order valence-corrected chi connectivity index (χ2v) is 7.54. The van der Waals surface area contributed by atoms with E-state index in [9.17, 15) is 13.2 Å². The standard InChI is InChI=1S/C23H27F3/c1-3-5-6-7-17-12-13-18-14-19(16-10-8-15(4-2)9-11-16)22(25)23(26)20(18)21(17)24/h4,12-16H,2-3,5-11H2,1H3. The van der Waals surface area contributed by atoms with Crippen molar-refractivity contribution in [1.82, 2.24) is 0 Å². The summed E-state index contributed by atoms with van der Waals surface area (Å²) in [6.45, 7) is 5.90. The highest BCUT2D eigenvalue weighted by atomic mass is 19.2. The third kappa shape index (κ3) is 3.67. The Morgan fingerprint density at radius 3 is 2.38 bits per heavy atom. The first-order valence-corrected chi connectivity index (χ1v) is 9.78. The first-order valence-electron chi connectivity index (χ1n) is 9.78. The third-order valence-corrected chi connectivity index (χ3v) is 5.83. The van der Waals surface area contributed by atoms with Crippen LogP contribution in [0.1, 0.15) is 68.9 Å². The third-order valence-electron chi connectivity index (χ3n) is 5.83. The number of halogens is 3. The van der Waals surface area contributed by atoms with Crippen LogP contribution in [0.3, 0.4) is 0 Å². The number of fused-ring (bicyclic) bond motifs is 1. The number of hydrogen-bond donors (Lipinski definition) is 0. The Bertz CT molecular complexity index is 786. The maximum atomic E-state index is 14.8. The van der Waals surface area contributed by atoms with Crippen LogP contribution in [0.4, 0.5) is 13.2 Å². The number of unbranched alkanes of at least 4 members (excludes halogenated alkanes) is 2. The summed E-state index contributed by atoms with van der Waals surface area (Å²) in [5, 5.41) is 0.265. The van der Waals surface area contributed by atoms with Gasteiger partial charge in [0.1, 0.15) is 5.82 Å². The first kappa shape index (κ1) is 19.0. The summed E-state index contributed by atoms with van der Waals surface area (Å²) >= 11 is 0. The Balaban J connectivity index is 1.95. The van der Waals surface area contributed by atoms with E-state index in [-0.39, 0.29) is 11.3 Å². The zero-order chi connectivity index (χ0) is 18.7. The lowest BCUT2D eigenvalue weighted by molar-refractivity contribution is 0.365. The van der Waals surface area contributed by atoms with Gasteiger partial charge in [-0.3, -0.25) is 0 Å². The van der Waals surface area contributed by atoms with Gasteiger partial charge in [0.05, 0.1) is 5.39 Å². The van der Waals surface area contributed by atoms with Crippen molar-refractivity contribution in [2.45, 2.75) is 64.2 Å². The summed E-state index contributed by atoms with van der Waals surface area (Å²) in [7, 11) is 0. The second kappa shape index (κ2) is 8.28. The molecule has 26 heavy (non-hydrogen) atoms. The van der Waals surface area contributed by atoms with E-state index in [0.29, 0.717) is 28.9 Å². The Morgan fingerprint density at radius 2 is 1.73 bits per heavy atom. The van der Waals surface area contributed by atoms with Crippen LogP contribution in [0.5, 0.6) is 0 Å². The summed E-state index contributed by atoms with van der Waals surface area (Å²) in [6, 6.07) is 5.12. The minimum atomic E-state index is -1.03. The topological polar surface area (TPSA) is 0 Å². The van der Waals surface area contributed by atoms with Gasteiger partial charge in [-0.2, -0.15) is 0 Å². The quantitative estimate of drug-likeness (QED) is 0.371. The van der Waals surface area contributed by atoms with E-state index in [1.807, 2.05) is 6.08 Å². The van der Waals surface area contributed by atoms with Crippen LogP contribution < -0.4 is 0 Å². The molecule has 1 saturated carbocycles. The highest BCUT2D eigenvalue weighted by Gasteiger charge is 2.26. The van der Waals surface area contributed by atoms with Gasteiger partial charge in [0.2, 0.25) is 0 Å². The van der Waals surface area contributed by atoms with Gasteiger partial charge in [0, 0.05) is 0 Å². The van der Waals surface area contributed by atoms with Crippen LogP contribution in [0.2, 0.25) is 0 Å². The number of hydrogen-bond acceptors (Lipinski definition) is 0. The van der Waals surface area contributed by atoms with Gasteiger partial charge in [0.15, 0.2) is 11.6 Å². The molecule has 0 unspecified atom stereocenters. The molecule has 1 fully saturated rings. The molecule has 0 N–H and O–H groups in total. The van der Waals surface area contributed by atoms with E-state index in [1.165, 1.54) is 0 Å². The molecule has 0 atom stereocenters. The molecule has 0 saturated heterocycles. The molecule has 3 rings (SSSR count). The molecule has 0 aromatic heterocycles. The Morgan fingerprint density at radius 1 is 1.00 bits per heavy atom. The average molecular weight is 360 g/mol. The largest absolute Gasteiger partial charge is 0.206 e. The summed E-state index contributed by atoms with van der Waals surface area (Å²) in [5.74, 6) is -2.04. The molecule has 1 aliphatic rings. The van der Waals surface area contributed by atoms with Crippen molar-refractivity contribution in [1.29, 1.82) is 0 Å². The molecule has 0 spiro atoms. The van der Waals surface area contributed by atoms with E-state index in [2.05, 4.69) is 13.5 Å². The number of rotatable bonds is 6. The molecule has 0 radical (unpaired) electrons. The molecular weight excluding hydrogens is 333 g/mol. The van der Waals surface area contributed by atoms with Gasteiger partial charge in [0.25, 0.3) is 0 Å². The molecular formula is C23H27F3. The van der Waals surface area contributed by atoms with Crippen LogP contribution in [-0.2, 0) is 6.42 Å². The lowest BCUT2D eigenvalue weighted by Gasteiger charge is -2.27. The fraction of sp³-hybridized carbons (Fsp3) is 0.478. The van der Waals surface area contributed by atoms with Gasteiger partial charge >= 0.3 is 0 Å². The molecule has 0 bridgehead atoms. The molecule has 140 valence electrons. The van der Waals surface area contributed by atoms with Gasteiger partial charge < -0.3 is 0 Å². The van der Waals surface area contributed by atoms with Gasteiger partial charge in [-0.1, -0.05) is 38.0 Å². The lowest BCUT2D eigenvalue weighted by Crippen LogP contribution is -2.13. The van der Waals surface area contributed by atoms with E-state index in [0.717, 1.165) is 44.9 Å². The zero-order valence-electron chi connectivity index (χ0n) is 15.5. The number of allylic oxidation sites excluding steroid dienone is 1. The lowest BCUT2D eigenvalue weighted by atomic mass is 9.78. The number of benzene rings is 2. The zero-order valence-corrected chi connectivity index (χ0v) is 15.5. The van der Waals surface area contributed by atoms with Crippen molar-refractivity contribution in [3.8, 4) is 0 Å². The fourth-order valence-corrected chi connectivity index (χ4v) is 4.17. The number of aryl methyl sites for hydroxylation is 1. The first-order chi connectivity index (χ1) is 12.6. The Labute approximate surface area is 154 Å². The van der Waals surface area contributed by atoms with Gasteiger partial charge in [-0.15, -0.1) is 6.58 Å². The maximum absolute atomic E-state index is 14.8. The van der Waals surface area contributed by atoms with Crippen LogP contribution in [-0.4, -0.2) is 0 Å². The van der Waals surface area contributed by atoms with Crippen molar-refractivity contribution < 1.29 is 13.2 Å². The van der Waals surface area contributed by atoms with Crippen LogP contribution in [0.25, 0.3) is 10.8 Å². The SMILES string of the molecule is C=CC1CCC(c2cc3ccc(CCCCC)c(F)c3c(F)c2F)CC1. The summed E-state index contributed by atoms with van der Waals surface area (Å²) in [5.41, 5.74) is 0.874. The summed E-state index contributed by atoms with van der Waals surface area (Å²) in [4.78, 5) is 0. The maximum Gasteiger partial charge on any atom is 0.169 e. The van der Waals surface area contributed by atoms with E-state index in [4.69, 9.17) is 0 Å². The fourth-order valence-electron chi connectivity index (χ4n) is 4.17. The monoisotopic (exact) mass is 360 g/mol.